The molecule has 0 aliphatic rings. The summed E-state index contributed by atoms with van der Waals surface area (Å²) in [5.41, 5.74) is 0.785. The molecule has 0 radical (unpaired) electrons. The van der Waals surface area contributed by atoms with Gasteiger partial charge in [-0.25, -0.2) is 4.98 Å². The topological polar surface area (TPSA) is 90.9 Å². The van der Waals surface area contributed by atoms with Gasteiger partial charge in [0.25, 0.3) is 0 Å². The Bertz CT molecular complexity index is 525. The van der Waals surface area contributed by atoms with Crippen LogP contribution in [-0.2, 0) is 17.6 Å². The van der Waals surface area contributed by atoms with Gasteiger partial charge in [0, 0.05) is 19.4 Å². The highest BCUT2D eigenvalue weighted by atomic mass is 16.3. The molecule has 1 amide bonds. The van der Waals surface area contributed by atoms with E-state index in [1.165, 1.54) is 6.33 Å². The molecule has 1 heterocycles. The maximum Gasteiger partial charge on any atom is 0.220 e. The Morgan fingerprint density at radius 2 is 2.16 bits per heavy atom. The number of nitrogens with zero attached hydrogens (tertiary/aromatic N) is 2. The van der Waals surface area contributed by atoms with Gasteiger partial charge in [0.1, 0.15) is 17.9 Å². The van der Waals surface area contributed by atoms with Gasteiger partial charge in [-0.15, -0.1) is 0 Å². The van der Waals surface area contributed by atoms with Crippen molar-refractivity contribution in [3.05, 3.63) is 42.0 Å². The molecule has 1 aromatic carbocycles. The quantitative estimate of drug-likeness (QED) is 0.716. The summed E-state index contributed by atoms with van der Waals surface area (Å²) in [5, 5.41) is 18.8. The van der Waals surface area contributed by atoms with Crippen LogP contribution in [-0.4, -0.2) is 32.7 Å². The summed E-state index contributed by atoms with van der Waals surface area (Å²) in [6.07, 6.45) is 2.95. The number of rotatable bonds is 6. The molecule has 0 atom stereocenters. The first-order valence-electron chi connectivity index (χ1n) is 6.13. The number of aryl methyl sites for hydroxylation is 1. The Morgan fingerprint density at radius 1 is 1.32 bits per heavy atom. The second-order valence-corrected chi connectivity index (χ2v) is 4.16. The predicted octanol–water partition coefficient (Wildman–Crippen LogP) is 0.802. The van der Waals surface area contributed by atoms with Crippen LogP contribution in [0.15, 0.2) is 30.6 Å². The van der Waals surface area contributed by atoms with E-state index in [1.54, 1.807) is 12.1 Å². The molecule has 19 heavy (non-hydrogen) atoms. The molecule has 0 saturated carbocycles. The minimum atomic E-state index is -0.0391. The fourth-order valence-electron chi connectivity index (χ4n) is 1.73. The third-order valence-electron chi connectivity index (χ3n) is 2.76. The van der Waals surface area contributed by atoms with E-state index < -0.39 is 0 Å². The predicted molar refractivity (Wildman–Crippen MR) is 69.5 cm³/mol. The number of aromatic hydroxyl groups is 1. The lowest BCUT2D eigenvalue weighted by Crippen LogP contribution is -2.26. The average Bonchev–Trinajstić information content (AvgIpc) is 2.91. The van der Waals surface area contributed by atoms with Crippen LogP contribution < -0.4 is 5.32 Å². The standard InChI is InChI=1S/C13H16N4O2/c18-11-4-2-1-3-10(11)5-6-13(19)14-8-7-12-15-9-16-17-12/h1-4,9,18H,5-8H2,(H,14,19)(H,15,16,17). The lowest BCUT2D eigenvalue weighted by molar-refractivity contribution is -0.121. The third-order valence-corrected chi connectivity index (χ3v) is 2.76. The molecule has 6 heteroatoms. The van der Waals surface area contributed by atoms with Gasteiger partial charge in [-0.05, 0) is 18.1 Å². The van der Waals surface area contributed by atoms with Gasteiger partial charge >= 0.3 is 0 Å². The molecule has 0 aliphatic heterocycles. The van der Waals surface area contributed by atoms with Crippen molar-refractivity contribution in [1.29, 1.82) is 0 Å². The third kappa shape index (κ3) is 4.09. The molecule has 100 valence electrons. The second kappa shape index (κ2) is 6.53. The van der Waals surface area contributed by atoms with Crippen LogP contribution >= 0.6 is 0 Å². The van der Waals surface area contributed by atoms with E-state index in [4.69, 9.17) is 0 Å². The van der Waals surface area contributed by atoms with Crippen LogP contribution in [0.5, 0.6) is 5.75 Å². The highest BCUT2D eigenvalue weighted by Crippen LogP contribution is 2.16. The van der Waals surface area contributed by atoms with Crippen LogP contribution in [0.2, 0.25) is 0 Å². The fourth-order valence-corrected chi connectivity index (χ4v) is 1.73. The van der Waals surface area contributed by atoms with Crippen molar-refractivity contribution in [3.8, 4) is 5.75 Å². The van der Waals surface area contributed by atoms with Gasteiger partial charge < -0.3 is 10.4 Å². The molecule has 0 unspecified atom stereocenters. The van der Waals surface area contributed by atoms with Crippen molar-refractivity contribution in [2.24, 2.45) is 0 Å². The molecule has 2 aromatic rings. The minimum Gasteiger partial charge on any atom is -0.508 e. The number of carbonyl (C=O) groups excluding carboxylic acids is 1. The van der Waals surface area contributed by atoms with Crippen LogP contribution in [0.25, 0.3) is 0 Å². The molecule has 2 rings (SSSR count). The maximum absolute atomic E-state index is 11.6. The van der Waals surface area contributed by atoms with Crippen molar-refractivity contribution in [2.45, 2.75) is 19.3 Å². The number of phenolic OH excluding ortho intramolecular Hbond substituents is 1. The van der Waals surface area contributed by atoms with Crippen molar-refractivity contribution in [2.75, 3.05) is 6.54 Å². The summed E-state index contributed by atoms with van der Waals surface area (Å²) in [6, 6.07) is 7.04. The van der Waals surface area contributed by atoms with Crippen LogP contribution in [0.1, 0.15) is 17.8 Å². The molecule has 0 saturated heterocycles. The molecule has 0 fully saturated rings. The number of nitrogens with one attached hydrogen (secondary N) is 2. The highest BCUT2D eigenvalue weighted by Gasteiger charge is 2.05. The summed E-state index contributed by atoms with van der Waals surface area (Å²) < 4.78 is 0. The minimum absolute atomic E-state index is 0.0391. The van der Waals surface area contributed by atoms with E-state index in [0.29, 0.717) is 25.8 Å². The molecule has 3 N–H and O–H groups in total. The lowest BCUT2D eigenvalue weighted by Gasteiger charge is -2.05. The number of hydrogen-bond acceptors (Lipinski definition) is 4. The van der Waals surface area contributed by atoms with Crippen molar-refractivity contribution < 1.29 is 9.90 Å². The van der Waals surface area contributed by atoms with E-state index in [9.17, 15) is 9.90 Å². The van der Waals surface area contributed by atoms with Crippen molar-refractivity contribution >= 4 is 5.91 Å². The number of H-pyrrole nitrogens is 1. The van der Waals surface area contributed by atoms with Gasteiger partial charge in [0.15, 0.2) is 0 Å². The number of hydrogen-bond donors (Lipinski definition) is 3. The van der Waals surface area contributed by atoms with E-state index in [0.717, 1.165) is 11.4 Å². The average molecular weight is 260 g/mol. The number of aromatic amines is 1. The first kappa shape index (κ1) is 13.1. The van der Waals surface area contributed by atoms with E-state index in [-0.39, 0.29) is 11.7 Å². The first-order valence-corrected chi connectivity index (χ1v) is 6.13. The largest absolute Gasteiger partial charge is 0.508 e. The monoisotopic (exact) mass is 260 g/mol. The second-order valence-electron chi connectivity index (χ2n) is 4.16. The lowest BCUT2D eigenvalue weighted by atomic mass is 10.1. The summed E-state index contributed by atoms with van der Waals surface area (Å²) in [5.74, 6) is 0.945. The molecule has 0 bridgehead atoms. The van der Waals surface area contributed by atoms with E-state index >= 15 is 0 Å². The van der Waals surface area contributed by atoms with Gasteiger partial charge in [0.05, 0.1) is 0 Å². The smallest absolute Gasteiger partial charge is 0.220 e. The van der Waals surface area contributed by atoms with Crippen molar-refractivity contribution in [3.63, 3.8) is 0 Å². The first-order chi connectivity index (χ1) is 9.25. The SMILES string of the molecule is O=C(CCc1ccccc1O)NCCc1ncn[nH]1. The Labute approximate surface area is 110 Å². The molecule has 0 aliphatic carbocycles. The highest BCUT2D eigenvalue weighted by molar-refractivity contribution is 5.76. The van der Waals surface area contributed by atoms with Crippen LogP contribution in [0.3, 0.4) is 0 Å². The number of para-hydroxylation sites is 1. The zero-order valence-electron chi connectivity index (χ0n) is 10.5. The summed E-state index contributed by atoms with van der Waals surface area (Å²) in [6.45, 7) is 0.523. The van der Waals surface area contributed by atoms with E-state index in [1.807, 2.05) is 12.1 Å². The molecular formula is C13H16N4O2. The number of aromatic nitrogens is 3. The normalized spacial score (nSPS) is 10.3. The van der Waals surface area contributed by atoms with Crippen LogP contribution in [0.4, 0.5) is 0 Å². The Kier molecular flexibility index (Phi) is 4.49. The molecular weight excluding hydrogens is 244 g/mol. The Hall–Kier alpha value is -2.37. The zero-order valence-corrected chi connectivity index (χ0v) is 10.5. The number of carbonyl (C=O) groups is 1. The molecule has 6 nitrogen and oxygen atoms in total. The molecule has 1 aromatic heterocycles. The van der Waals surface area contributed by atoms with Crippen LogP contribution in [0, 0.1) is 0 Å². The number of benzene rings is 1. The van der Waals surface area contributed by atoms with Gasteiger partial charge in [-0.2, -0.15) is 5.10 Å². The maximum atomic E-state index is 11.6. The van der Waals surface area contributed by atoms with E-state index in [2.05, 4.69) is 20.5 Å². The van der Waals surface area contributed by atoms with Gasteiger partial charge in [-0.1, -0.05) is 18.2 Å². The molecule has 0 spiro atoms. The summed E-state index contributed by atoms with van der Waals surface area (Å²) in [4.78, 5) is 15.6. The summed E-state index contributed by atoms with van der Waals surface area (Å²) in [7, 11) is 0. The Morgan fingerprint density at radius 3 is 2.89 bits per heavy atom. The summed E-state index contributed by atoms with van der Waals surface area (Å²) >= 11 is 0. The van der Waals surface area contributed by atoms with Gasteiger partial charge in [0.2, 0.25) is 5.91 Å². The zero-order chi connectivity index (χ0) is 13.5. The number of phenols is 1. The van der Waals surface area contributed by atoms with Crippen molar-refractivity contribution in [1.82, 2.24) is 20.5 Å². The van der Waals surface area contributed by atoms with Gasteiger partial charge in [-0.3, -0.25) is 9.89 Å². The fraction of sp³-hybridized carbons (Fsp3) is 0.308. The number of amides is 1. The Balaban J connectivity index is 1.69.